The quantitative estimate of drug-likeness (QED) is 0.631. The highest BCUT2D eigenvalue weighted by molar-refractivity contribution is 5.89. The van der Waals surface area contributed by atoms with Crippen molar-refractivity contribution in [1.82, 2.24) is 4.57 Å². The smallest absolute Gasteiger partial charge is 0.297 e. The third-order valence-corrected chi connectivity index (χ3v) is 4.18. The molecule has 0 radical (unpaired) electrons. The zero-order chi connectivity index (χ0) is 18.4. The summed E-state index contributed by atoms with van der Waals surface area (Å²) in [5.74, 6) is 1.49. The van der Waals surface area contributed by atoms with E-state index in [2.05, 4.69) is 6.92 Å². The second kappa shape index (κ2) is 8.79. The van der Waals surface area contributed by atoms with E-state index in [1.54, 1.807) is 18.8 Å². The Labute approximate surface area is 149 Å². The topological polar surface area (TPSA) is 49.7 Å². The SMILES string of the molecule is CCCCCCn1c(=O)c(OC(C)C)c(OC)c2ccc(OC)cc21. The van der Waals surface area contributed by atoms with E-state index in [9.17, 15) is 4.79 Å². The number of fused-ring (bicyclic) bond motifs is 1. The van der Waals surface area contributed by atoms with Crippen molar-refractivity contribution in [3.63, 3.8) is 0 Å². The molecule has 1 aromatic heterocycles. The van der Waals surface area contributed by atoms with Gasteiger partial charge in [0.25, 0.3) is 5.56 Å². The summed E-state index contributed by atoms with van der Waals surface area (Å²) in [7, 11) is 3.19. The normalized spacial score (nSPS) is 11.1. The van der Waals surface area contributed by atoms with E-state index in [0.29, 0.717) is 18.0 Å². The summed E-state index contributed by atoms with van der Waals surface area (Å²) in [6, 6.07) is 5.68. The van der Waals surface area contributed by atoms with Crippen molar-refractivity contribution in [2.24, 2.45) is 0 Å². The Morgan fingerprint density at radius 1 is 1.04 bits per heavy atom. The van der Waals surface area contributed by atoms with Crippen molar-refractivity contribution >= 4 is 10.9 Å². The predicted molar refractivity (Wildman–Crippen MR) is 101 cm³/mol. The van der Waals surface area contributed by atoms with Crippen molar-refractivity contribution in [3.8, 4) is 17.2 Å². The van der Waals surface area contributed by atoms with Crippen LogP contribution in [0.1, 0.15) is 46.5 Å². The van der Waals surface area contributed by atoms with Crippen LogP contribution in [-0.4, -0.2) is 24.9 Å². The van der Waals surface area contributed by atoms with Crippen LogP contribution in [0.25, 0.3) is 10.9 Å². The van der Waals surface area contributed by atoms with Gasteiger partial charge < -0.3 is 18.8 Å². The molecule has 1 heterocycles. The van der Waals surface area contributed by atoms with Crippen molar-refractivity contribution < 1.29 is 14.2 Å². The highest BCUT2D eigenvalue weighted by Gasteiger charge is 2.20. The Kier molecular flexibility index (Phi) is 6.73. The van der Waals surface area contributed by atoms with E-state index in [0.717, 1.165) is 30.2 Å². The zero-order valence-corrected chi connectivity index (χ0v) is 15.9. The van der Waals surface area contributed by atoms with Gasteiger partial charge >= 0.3 is 0 Å². The fraction of sp³-hybridized carbons (Fsp3) is 0.550. The minimum absolute atomic E-state index is 0.106. The molecule has 0 saturated heterocycles. The summed E-state index contributed by atoms with van der Waals surface area (Å²) in [6.07, 6.45) is 4.27. The largest absolute Gasteiger partial charge is 0.497 e. The van der Waals surface area contributed by atoms with Gasteiger partial charge in [-0.2, -0.15) is 0 Å². The van der Waals surface area contributed by atoms with Crippen LogP contribution < -0.4 is 19.8 Å². The molecule has 2 rings (SSSR count). The average molecular weight is 347 g/mol. The first-order valence-corrected chi connectivity index (χ1v) is 8.98. The number of ether oxygens (including phenoxy) is 3. The number of aryl methyl sites for hydroxylation is 1. The van der Waals surface area contributed by atoms with Gasteiger partial charge in [0.2, 0.25) is 5.75 Å². The molecule has 5 heteroatoms. The number of hydrogen-bond donors (Lipinski definition) is 0. The van der Waals surface area contributed by atoms with Crippen molar-refractivity contribution in [2.45, 2.75) is 59.1 Å². The molecule has 1 aromatic carbocycles. The third kappa shape index (κ3) is 4.27. The van der Waals surface area contributed by atoms with Gasteiger partial charge in [-0.25, -0.2) is 0 Å². The van der Waals surface area contributed by atoms with Crippen molar-refractivity contribution in [1.29, 1.82) is 0 Å². The number of nitrogens with zero attached hydrogens (tertiary/aromatic N) is 1. The maximum absolute atomic E-state index is 13.1. The molecule has 0 amide bonds. The molecular weight excluding hydrogens is 318 g/mol. The number of benzene rings is 1. The Bertz CT molecular complexity index is 764. The molecule has 25 heavy (non-hydrogen) atoms. The molecule has 0 unspecified atom stereocenters. The van der Waals surface area contributed by atoms with Gasteiger partial charge in [-0.05, 0) is 32.4 Å². The van der Waals surface area contributed by atoms with E-state index in [1.165, 1.54) is 6.42 Å². The molecule has 0 bridgehead atoms. The van der Waals surface area contributed by atoms with E-state index in [4.69, 9.17) is 14.2 Å². The lowest BCUT2D eigenvalue weighted by atomic mass is 10.1. The molecule has 0 atom stereocenters. The van der Waals surface area contributed by atoms with Gasteiger partial charge in [-0.1, -0.05) is 26.2 Å². The minimum atomic E-state index is -0.150. The number of pyridine rings is 1. The Morgan fingerprint density at radius 2 is 1.80 bits per heavy atom. The monoisotopic (exact) mass is 347 g/mol. The van der Waals surface area contributed by atoms with Crippen molar-refractivity contribution in [2.75, 3.05) is 14.2 Å². The van der Waals surface area contributed by atoms with Crippen LogP contribution in [0.3, 0.4) is 0 Å². The molecular formula is C20H29NO4. The highest BCUT2D eigenvalue weighted by atomic mass is 16.5. The summed E-state index contributed by atoms with van der Waals surface area (Å²) < 4.78 is 18.5. The molecule has 0 aliphatic carbocycles. The van der Waals surface area contributed by atoms with E-state index in [-0.39, 0.29) is 17.4 Å². The summed E-state index contributed by atoms with van der Waals surface area (Å²) in [6.45, 7) is 6.64. The van der Waals surface area contributed by atoms with Gasteiger partial charge in [0, 0.05) is 18.0 Å². The first-order valence-electron chi connectivity index (χ1n) is 8.98. The highest BCUT2D eigenvalue weighted by Crippen LogP contribution is 2.35. The maximum atomic E-state index is 13.1. The van der Waals surface area contributed by atoms with Crippen LogP contribution in [0.15, 0.2) is 23.0 Å². The number of rotatable bonds is 9. The summed E-state index contributed by atoms with van der Waals surface area (Å²) in [5, 5.41) is 0.856. The van der Waals surface area contributed by atoms with Crippen LogP contribution in [0.2, 0.25) is 0 Å². The molecule has 5 nitrogen and oxygen atoms in total. The number of methoxy groups -OCH3 is 2. The maximum Gasteiger partial charge on any atom is 0.297 e. The molecule has 0 aliphatic rings. The van der Waals surface area contributed by atoms with Gasteiger partial charge in [0.05, 0.1) is 25.8 Å². The number of aromatic nitrogens is 1. The van der Waals surface area contributed by atoms with Crippen molar-refractivity contribution in [3.05, 3.63) is 28.6 Å². The Balaban J connectivity index is 2.63. The van der Waals surface area contributed by atoms with Crippen LogP contribution >= 0.6 is 0 Å². The number of unbranched alkanes of at least 4 members (excludes halogenated alkanes) is 3. The molecule has 2 aromatic rings. The molecule has 0 spiro atoms. The summed E-state index contributed by atoms with van der Waals surface area (Å²) in [5.41, 5.74) is 0.664. The minimum Gasteiger partial charge on any atom is -0.497 e. The Hall–Kier alpha value is -2.17. The fourth-order valence-corrected chi connectivity index (χ4v) is 2.97. The molecule has 0 saturated carbocycles. The lowest BCUT2D eigenvalue weighted by molar-refractivity contribution is 0.226. The van der Waals surface area contributed by atoms with Crippen LogP contribution in [-0.2, 0) is 6.54 Å². The van der Waals surface area contributed by atoms with E-state index in [1.807, 2.05) is 32.0 Å². The third-order valence-electron chi connectivity index (χ3n) is 4.18. The summed E-state index contributed by atoms with van der Waals surface area (Å²) >= 11 is 0. The lowest BCUT2D eigenvalue weighted by Crippen LogP contribution is -2.25. The average Bonchev–Trinajstić information content (AvgIpc) is 2.60. The number of hydrogen-bond acceptors (Lipinski definition) is 4. The molecule has 0 N–H and O–H groups in total. The van der Waals surface area contributed by atoms with Gasteiger partial charge in [-0.3, -0.25) is 4.79 Å². The predicted octanol–water partition coefficient (Wildman–Crippen LogP) is 4.39. The standard InChI is InChI=1S/C20H29NO4/c1-6-7-8-9-12-21-17-13-15(23-4)10-11-16(17)18(24-5)19(20(21)22)25-14(2)3/h10-11,13-14H,6-9,12H2,1-5H3. The zero-order valence-electron chi connectivity index (χ0n) is 15.9. The van der Waals surface area contributed by atoms with Crippen LogP contribution in [0.5, 0.6) is 17.2 Å². The fourth-order valence-electron chi connectivity index (χ4n) is 2.97. The summed E-state index contributed by atoms with van der Waals surface area (Å²) in [4.78, 5) is 13.1. The first-order chi connectivity index (χ1) is 12.0. The Morgan fingerprint density at radius 3 is 2.40 bits per heavy atom. The lowest BCUT2D eigenvalue weighted by Gasteiger charge is -2.19. The molecule has 0 fully saturated rings. The first kappa shape index (κ1) is 19.2. The van der Waals surface area contributed by atoms with Crippen LogP contribution in [0, 0.1) is 0 Å². The second-order valence-electron chi connectivity index (χ2n) is 6.43. The molecule has 138 valence electrons. The molecule has 0 aliphatic heterocycles. The second-order valence-corrected chi connectivity index (χ2v) is 6.43. The van der Waals surface area contributed by atoms with Crippen LogP contribution in [0.4, 0.5) is 0 Å². The van der Waals surface area contributed by atoms with Gasteiger partial charge in [0.15, 0.2) is 5.75 Å². The van der Waals surface area contributed by atoms with E-state index < -0.39 is 0 Å². The van der Waals surface area contributed by atoms with E-state index >= 15 is 0 Å². The van der Waals surface area contributed by atoms with Gasteiger partial charge in [0.1, 0.15) is 5.75 Å². The van der Waals surface area contributed by atoms with Gasteiger partial charge in [-0.15, -0.1) is 0 Å².